The summed E-state index contributed by atoms with van der Waals surface area (Å²) in [4.78, 5) is 0. The Morgan fingerprint density at radius 3 is 2.43 bits per heavy atom. The molecule has 0 amide bonds. The lowest BCUT2D eigenvalue weighted by atomic mass is 9.79. The molecule has 0 aromatic rings. The number of aliphatic hydroxyl groups is 1. The van der Waals surface area contributed by atoms with Gasteiger partial charge in [0.1, 0.15) is 0 Å². The zero-order valence-electron chi connectivity index (χ0n) is 9.47. The van der Waals surface area contributed by atoms with Crippen LogP contribution in [0.15, 0.2) is 0 Å². The lowest BCUT2D eigenvalue weighted by Gasteiger charge is -2.28. The van der Waals surface area contributed by atoms with Crippen LogP contribution in [0, 0.1) is 17.3 Å². The van der Waals surface area contributed by atoms with Gasteiger partial charge in [-0.2, -0.15) is 0 Å². The van der Waals surface area contributed by atoms with Crippen LogP contribution < -0.4 is 0 Å². The van der Waals surface area contributed by atoms with E-state index in [0.29, 0.717) is 12.0 Å². The fourth-order valence-corrected chi connectivity index (χ4v) is 3.35. The van der Waals surface area contributed by atoms with Gasteiger partial charge in [-0.05, 0) is 42.9 Å². The molecule has 2 aliphatic carbocycles. The fourth-order valence-electron chi connectivity index (χ4n) is 3.35. The molecule has 0 bridgehead atoms. The molecule has 0 radical (unpaired) electrons. The van der Waals surface area contributed by atoms with Gasteiger partial charge in [0.2, 0.25) is 0 Å². The Morgan fingerprint density at radius 1 is 1.14 bits per heavy atom. The zero-order chi connectivity index (χ0) is 10.0. The summed E-state index contributed by atoms with van der Waals surface area (Å²) in [5.41, 5.74) is 0.362. The van der Waals surface area contributed by atoms with E-state index in [1.54, 1.807) is 0 Å². The Labute approximate surface area is 87.9 Å². The number of fused-ring (bicyclic) bond motifs is 1. The van der Waals surface area contributed by atoms with Gasteiger partial charge in [0.25, 0.3) is 0 Å². The Bertz CT molecular complexity index is 178. The molecule has 2 fully saturated rings. The van der Waals surface area contributed by atoms with E-state index in [-0.39, 0.29) is 0 Å². The molecular weight excluding hydrogens is 172 g/mol. The van der Waals surface area contributed by atoms with Crippen molar-refractivity contribution in [3.63, 3.8) is 0 Å². The molecule has 2 unspecified atom stereocenters. The Morgan fingerprint density at radius 2 is 1.86 bits per heavy atom. The van der Waals surface area contributed by atoms with Crippen LogP contribution in [0.25, 0.3) is 0 Å². The minimum Gasteiger partial charge on any atom is -0.396 e. The highest BCUT2D eigenvalue weighted by molar-refractivity contribution is 5.02. The summed E-state index contributed by atoms with van der Waals surface area (Å²) in [5, 5.41) is 9.51. The van der Waals surface area contributed by atoms with Crippen molar-refractivity contribution < 1.29 is 5.11 Å². The normalized spacial score (nSPS) is 39.9. The van der Waals surface area contributed by atoms with E-state index in [4.69, 9.17) is 0 Å². The lowest BCUT2D eigenvalue weighted by Crippen LogP contribution is -2.23. The molecule has 2 atom stereocenters. The van der Waals surface area contributed by atoms with Gasteiger partial charge in [-0.25, -0.2) is 0 Å². The first-order chi connectivity index (χ1) is 6.79. The molecule has 0 heterocycles. The summed E-state index contributed by atoms with van der Waals surface area (Å²) in [7, 11) is 0. The van der Waals surface area contributed by atoms with E-state index in [2.05, 4.69) is 6.92 Å². The number of rotatable bonds is 6. The average molecular weight is 196 g/mol. The second-order valence-electron chi connectivity index (χ2n) is 5.63. The summed E-state index contributed by atoms with van der Waals surface area (Å²) in [6, 6.07) is 0. The van der Waals surface area contributed by atoms with Crippen LogP contribution in [0.3, 0.4) is 0 Å². The summed E-state index contributed by atoms with van der Waals surface area (Å²) >= 11 is 0. The molecule has 2 saturated carbocycles. The first-order valence-electron chi connectivity index (χ1n) is 6.40. The Hall–Kier alpha value is -0.0400. The van der Waals surface area contributed by atoms with Crippen molar-refractivity contribution in [2.45, 2.75) is 58.3 Å². The van der Waals surface area contributed by atoms with Gasteiger partial charge in [-0.15, -0.1) is 0 Å². The quantitative estimate of drug-likeness (QED) is 0.646. The summed E-state index contributed by atoms with van der Waals surface area (Å²) in [6.45, 7) is 2.71. The topological polar surface area (TPSA) is 20.2 Å². The predicted molar refractivity (Wildman–Crippen MR) is 59.1 cm³/mol. The van der Waals surface area contributed by atoms with Gasteiger partial charge in [-0.3, -0.25) is 0 Å². The summed E-state index contributed by atoms with van der Waals surface area (Å²) < 4.78 is 0. The molecule has 0 aromatic carbocycles. The van der Waals surface area contributed by atoms with Crippen molar-refractivity contribution in [1.82, 2.24) is 0 Å². The third-order valence-electron chi connectivity index (χ3n) is 4.36. The molecule has 0 aromatic heterocycles. The molecular formula is C13H24O. The standard InChI is InChI=1S/C13H24O/c1-2-3-4-5-6-13(10-14)8-11-7-12(11)9-13/h11-12,14H,2-10H2,1H3. The molecule has 2 rings (SSSR count). The van der Waals surface area contributed by atoms with Crippen LogP contribution in [0.4, 0.5) is 0 Å². The fraction of sp³-hybridized carbons (Fsp3) is 1.00. The van der Waals surface area contributed by atoms with E-state index in [9.17, 15) is 5.11 Å². The third-order valence-corrected chi connectivity index (χ3v) is 4.36. The zero-order valence-corrected chi connectivity index (χ0v) is 9.47. The minimum atomic E-state index is 0.362. The average Bonchev–Trinajstić information content (AvgIpc) is 2.82. The highest BCUT2D eigenvalue weighted by Gasteiger charge is 2.52. The molecule has 1 N–H and O–H groups in total. The maximum atomic E-state index is 9.51. The Kier molecular flexibility index (Phi) is 3.16. The molecule has 1 heteroatoms. The van der Waals surface area contributed by atoms with Crippen molar-refractivity contribution in [3.8, 4) is 0 Å². The van der Waals surface area contributed by atoms with Gasteiger partial charge in [0, 0.05) is 6.61 Å². The van der Waals surface area contributed by atoms with Gasteiger partial charge in [0.05, 0.1) is 0 Å². The molecule has 0 aliphatic heterocycles. The first kappa shape index (κ1) is 10.5. The van der Waals surface area contributed by atoms with E-state index in [1.165, 1.54) is 51.4 Å². The largest absolute Gasteiger partial charge is 0.396 e. The van der Waals surface area contributed by atoms with Crippen LogP contribution in [-0.4, -0.2) is 11.7 Å². The van der Waals surface area contributed by atoms with Crippen molar-refractivity contribution in [1.29, 1.82) is 0 Å². The van der Waals surface area contributed by atoms with Crippen molar-refractivity contribution in [2.24, 2.45) is 17.3 Å². The minimum absolute atomic E-state index is 0.362. The van der Waals surface area contributed by atoms with Crippen molar-refractivity contribution >= 4 is 0 Å². The van der Waals surface area contributed by atoms with Crippen LogP contribution in [0.2, 0.25) is 0 Å². The second-order valence-corrected chi connectivity index (χ2v) is 5.63. The molecule has 14 heavy (non-hydrogen) atoms. The summed E-state index contributed by atoms with van der Waals surface area (Å²) in [6.07, 6.45) is 10.8. The van der Waals surface area contributed by atoms with E-state index < -0.39 is 0 Å². The highest BCUT2D eigenvalue weighted by atomic mass is 16.3. The van der Waals surface area contributed by atoms with Gasteiger partial charge < -0.3 is 5.11 Å². The Balaban J connectivity index is 1.70. The summed E-state index contributed by atoms with van der Waals surface area (Å²) in [5.74, 6) is 2.02. The maximum Gasteiger partial charge on any atom is 0.0487 e. The molecule has 0 saturated heterocycles. The molecule has 2 aliphatic rings. The number of hydrogen-bond donors (Lipinski definition) is 1. The smallest absolute Gasteiger partial charge is 0.0487 e. The lowest BCUT2D eigenvalue weighted by molar-refractivity contribution is 0.104. The number of aliphatic hydroxyl groups excluding tert-OH is 1. The van der Waals surface area contributed by atoms with Crippen molar-refractivity contribution in [2.75, 3.05) is 6.61 Å². The van der Waals surface area contributed by atoms with E-state index in [1.807, 2.05) is 0 Å². The van der Waals surface area contributed by atoms with Crippen molar-refractivity contribution in [3.05, 3.63) is 0 Å². The van der Waals surface area contributed by atoms with E-state index in [0.717, 1.165) is 11.8 Å². The number of hydrogen-bond acceptors (Lipinski definition) is 1. The van der Waals surface area contributed by atoms with Gasteiger partial charge in [-0.1, -0.05) is 32.6 Å². The van der Waals surface area contributed by atoms with Crippen LogP contribution in [0.5, 0.6) is 0 Å². The predicted octanol–water partition coefficient (Wildman–Crippen LogP) is 3.37. The maximum absolute atomic E-state index is 9.51. The van der Waals surface area contributed by atoms with Crippen LogP contribution in [0.1, 0.15) is 58.3 Å². The first-order valence-corrected chi connectivity index (χ1v) is 6.40. The SMILES string of the molecule is CCCCCCC1(CO)CC2CC2C1. The highest BCUT2D eigenvalue weighted by Crippen LogP contribution is 2.61. The van der Waals surface area contributed by atoms with Gasteiger partial charge in [0.15, 0.2) is 0 Å². The van der Waals surface area contributed by atoms with Gasteiger partial charge >= 0.3 is 0 Å². The second kappa shape index (κ2) is 4.22. The van der Waals surface area contributed by atoms with Crippen LogP contribution in [-0.2, 0) is 0 Å². The third kappa shape index (κ3) is 2.13. The molecule has 0 spiro atoms. The van der Waals surface area contributed by atoms with Crippen LogP contribution >= 0.6 is 0 Å². The monoisotopic (exact) mass is 196 g/mol. The molecule has 1 nitrogen and oxygen atoms in total. The van der Waals surface area contributed by atoms with E-state index >= 15 is 0 Å². The molecule has 82 valence electrons. The number of unbranched alkanes of at least 4 members (excludes halogenated alkanes) is 3.